The van der Waals surface area contributed by atoms with E-state index in [-0.39, 0.29) is 11.5 Å². The highest BCUT2D eigenvalue weighted by Crippen LogP contribution is 2.38. The molecule has 7 heteroatoms. The van der Waals surface area contributed by atoms with Crippen LogP contribution < -0.4 is 10.9 Å². The molecule has 1 aliphatic rings. The summed E-state index contributed by atoms with van der Waals surface area (Å²) in [5.41, 5.74) is 1.48. The Balaban J connectivity index is 1.70. The molecule has 136 valence electrons. The second-order valence-electron chi connectivity index (χ2n) is 6.28. The van der Waals surface area contributed by atoms with Gasteiger partial charge in [-0.05, 0) is 57.0 Å². The van der Waals surface area contributed by atoms with Gasteiger partial charge in [-0.15, -0.1) is 0 Å². The Labute approximate surface area is 151 Å². The summed E-state index contributed by atoms with van der Waals surface area (Å²) >= 11 is 0. The van der Waals surface area contributed by atoms with Crippen molar-refractivity contribution < 1.29 is 14.3 Å². The lowest BCUT2D eigenvalue weighted by Crippen LogP contribution is -2.33. The highest BCUT2D eigenvalue weighted by Gasteiger charge is 2.27. The predicted octanol–water partition coefficient (Wildman–Crippen LogP) is 2.50. The maximum absolute atomic E-state index is 12.5. The number of nitrogens with one attached hydrogen (secondary N) is 1. The minimum absolute atomic E-state index is 0.302. The first-order valence-electron chi connectivity index (χ1n) is 8.67. The van der Waals surface area contributed by atoms with Crippen LogP contribution in [0.5, 0.6) is 0 Å². The number of anilines is 1. The molecule has 0 aliphatic heterocycles. The van der Waals surface area contributed by atoms with E-state index in [4.69, 9.17) is 4.74 Å². The zero-order chi connectivity index (χ0) is 18.7. The average molecular weight is 355 g/mol. The van der Waals surface area contributed by atoms with Gasteiger partial charge in [-0.3, -0.25) is 9.59 Å². The zero-order valence-electron chi connectivity index (χ0n) is 14.8. The van der Waals surface area contributed by atoms with E-state index in [2.05, 4.69) is 10.4 Å². The summed E-state index contributed by atoms with van der Waals surface area (Å²) < 4.78 is 6.14. The molecule has 1 unspecified atom stereocenters. The molecule has 1 aromatic heterocycles. The van der Waals surface area contributed by atoms with Gasteiger partial charge in [0.2, 0.25) is 5.91 Å². The third kappa shape index (κ3) is 3.99. The van der Waals surface area contributed by atoms with E-state index in [9.17, 15) is 14.4 Å². The van der Waals surface area contributed by atoms with E-state index in [0.717, 1.165) is 18.5 Å². The van der Waals surface area contributed by atoms with Crippen molar-refractivity contribution in [1.82, 2.24) is 9.78 Å². The number of rotatable bonds is 6. The number of carbonyl (C=O) groups excluding carboxylic acids is 2. The van der Waals surface area contributed by atoms with Crippen LogP contribution in [0, 0.1) is 0 Å². The molecule has 0 spiro atoms. The second kappa shape index (κ2) is 7.51. The first-order chi connectivity index (χ1) is 12.5. The predicted molar refractivity (Wildman–Crippen MR) is 96.2 cm³/mol. The maximum Gasteiger partial charge on any atom is 0.338 e. The summed E-state index contributed by atoms with van der Waals surface area (Å²) in [6.45, 7) is 3.67. The van der Waals surface area contributed by atoms with Crippen LogP contribution in [-0.4, -0.2) is 28.3 Å². The van der Waals surface area contributed by atoms with Gasteiger partial charge in [-0.2, -0.15) is 5.10 Å². The number of benzene rings is 1. The van der Waals surface area contributed by atoms with Crippen molar-refractivity contribution in [3.8, 4) is 0 Å². The Morgan fingerprint density at radius 2 is 1.92 bits per heavy atom. The molecular weight excluding hydrogens is 334 g/mol. The highest BCUT2D eigenvalue weighted by atomic mass is 16.5. The van der Waals surface area contributed by atoms with Gasteiger partial charge in [0.25, 0.3) is 5.56 Å². The number of esters is 1. The van der Waals surface area contributed by atoms with E-state index >= 15 is 0 Å². The minimum atomic E-state index is -0.745. The Morgan fingerprint density at radius 3 is 2.54 bits per heavy atom. The number of amides is 1. The molecule has 3 rings (SSSR count). The number of aromatic nitrogens is 2. The van der Waals surface area contributed by atoms with Crippen LogP contribution in [0.1, 0.15) is 54.7 Å². The van der Waals surface area contributed by atoms with Crippen molar-refractivity contribution in [3.05, 3.63) is 58.0 Å². The molecular formula is C19H21N3O4. The molecule has 0 saturated heterocycles. The molecule has 1 N–H and O–H groups in total. The number of ether oxygens (including phenoxy) is 1. The normalized spacial score (nSPS) is 14.5. The molecule has 1 amide bonds. The molecule has 2 aromatic rings. The smallest absolute Gasteiger partial charge is 0.338 e. The van der Waals surface area contributed by atoms with Crippen LogP contribution in [0.25, 0.3) is 0 Å². The van der Waals surface area contributed by atoms with Gasteiger partial charge in [0, 0.05) is 17.7 Å². The van der Waals surface area contributed by atoms with E-state index in [1.165, 1.54) is 10.7 Å². The summed E-state index contributed by atoms with van der Waals surface area (Å²) in [4.78, 5) is 36.2. The summed E-state index contributed by atoms with van der Waals surface area (Å²) in [6, 6.07) is 8.84. The van der Waals surface area contributed by atoms with Crippen molar-refractivity contribution in [2.75, 3.05) is 11.9 Å². The lowest BCUT2D eigenvalue weighted by Gasteiger charge is -2.15. The van der Waals surface area contributed by atoms with Gasteiger partial charge in [0.05, 0.1) is 17.9 Å². The van der Waals surface area contributed by atoms with Crippen LogP contribution in [0.3, 0.4) is 0 Å². The maximum atomic E-state index is 12.5. The van der Waals surface area contributed by atoms with Crippen molar-refractivity contribution >= 4 is 17.6 Å². The average Bonchev–Trinajstić information content (AvgIpc) is 3.47. The van der Waals surface area contributed by atoms with Gasteiger partial charge < -0.3 is 10.1 Å². The van der Waals surface area contributed by atoms with Gasteiger partial charge in [0.1, 0.15) is 6.04 Å². The second-order valence-corrected chi connectivity index (χ2v) is 6.28. The Bertz CT molecular complexity index is 869. The summed E-state index contributed by atoms with van der Waals surface area (Å²) in [6.07, 6.45) is 2.14. The van der Waals surface area contributed by atoms with E-state index < -0.39 is 12.0 Å². The van der Waals surface area contributed by atoms with Gasteiger partial charge in [-0.1, -0.05) is 0 Å². The van der Waals surface area contributed by atoms with E-state index in [1.807, 2.05) is 0 Å². The fourth-order valence-electron chi connectivity index (χ4n) is 2.58. The first-order valence-corrected chi connectivity index (χ1v) is 8.67. The molecule has 26 heavy (non-hydrogen) atoms. The molecule has 1 heterocycles. The topological polar surface area (TPSA) is 90.3 Å². The van der Waals surface area contributed by atoms with E-state index in [0.29, 0.717) is 23.8 Å². The van der Waals surface area contributed by atoms with Crippen molar-refractivity contribution in [1.29, 1.82) is 0 Å². The van der Waals surface area contributed by atoms with Crippen LogP contribution in [0.2, 0.25) is 0 Å². The molecule has 7 nitrogen and oxygen atoms in total. The van der Waals surface area contributed by atoms with Gasteiger partial charge in [0.15, 0.2) is 0 Å². The SMILES string of the molecule is CCOC(=O)c1ccc(NC(=O)C(C)n2nc(C3CC3)ccc2=O)cc1. The van der Waals surface area contributed by atoms with Crippen molar-refractivity contribution in [2.24, 2.45) is 0 Å². The first kappa shape index (κ1) is 17.8. The van der Waals surface area contributed by atoms with Crippen molar-refractivity contribution in [3.63, 3.8) is 0 Å². The summed E-state index contributed by atoms with van der Waals surface area (Å²) in [7, 11) is 0. The molecule has 1 saturated carbocycles. The number of hydrogen-bond acceptors (Lipinski definition) is 5. The zero-order valence-corrected chi connectivity index (χ0v) is 14.8. The summed E-state index contributed by atoms with van der Waals surface area (Å²) in [5, 5.41) is 7.08. The third-order valence-corrected chi connectivity index (χ3v) is 4.25. The number of nitrogens with zero attached hydrogens (tertiary/aromatic N) is 2. The lowest BCUT2D eigenvalue weighted by atomic mass is 10.2. The monoisotopic (exact) mass is 355 g/mol. The van der Waals surface area contributed by atoms with Crippen LogP contribution in [-0.2, 0) is 9.53 Å². The lowest BCUT2D eigenvalue weighted by molar-refractivity contribution is -0.119. The fraction of sp³-hybridized carbons (Fsp3) is 0.368. The standard InChI is InChI=1S/C19H21N3O4/c1-3-26-19(25)14-6-8-15(9-7-14)20-18(24)12(2)22-17(23)11-10-16(21-22)13-4-5-13/h6-13H,3-5H2,1-2H3,(H,20,24). The van der Waals surface area contributed by atoms with Gasteiger partial charge in [-0.25, -0.2) is 9.48 Å². The molecule has 1 fully saturated rings. The van der Waals surface area contributed by atoms with Crippen molar-refractivity contribution in [2.45, 2.75) is 38.6 Å². The Hall–Kier alpha value is -2.96. The minimum Gasteiger partial charge on any atom is -0.462 e. The fourth-order valence-corrected chi connectivity index (χ4v) is 2.58. The molecule has 1 atom stereocenters. The molecule has 0 radical (unpaired) electrons. The van der Waals surface area contributed by atoms with Crippen LogP contribution >= 0.6 is 0 Å². The van der Waals surface area contributed by atoms with Crippen LogP contribution in [0.4, 0.5) is 5.69 Å². The molecule has 1 aliphatic carbocycles. The number of hydrogen-bond donors (Lipinski definition) is 1. The van der Waals surface area contributed by atoms with E-state index in [1.54, 1.807) is 44.2 Å². The highest BCUT2D eigenvalue weighted by molar-refractivity contribution is 5.94. The summed E-state index contributed by atoms with van der Waals surface area (Å²) in [5.74, 6) is -0.365. The molecule has 0 bridgehead atoms. The van der Waals surface area contributed by atoms with Crippen LogP contribution in [0.15, 0.2) is 41.2 Å². The number of carbonyl (C=O) groups is 2. The molecule has 1 aromatic carbocycles. The third-order valence-electron chi connectivity index (χ3n) is 4.25. The Kier molecular flexibility index (Phi) is 5.16. The van der Waals surface area contributed by atoms with Gasteiger partial charge >= 0.3 is 5.97 Å². The quantitative estimate of drug-likeness (QED) is 0.804. The largest absolute Gasteiger partial charge is 0.462 e. The Morgan fingerprint density at radius 1 is 1.23 bits per heavy atom.